The summed E-state index contributed by atoms with van der Waals surface area (Å²) in [5.74, 6) is -1.84. The highest BCUT2D eigenvalue weighted by Gasteiger charge is 2.18. The number of aromatic carboxylic acids is 1. The van der Waals surface area contributed by atoms with E-state index < -0.39 is 27.3 Å². The van der Waals surface area contributed by atoms with Crippen LogP contribution in [0.5, 0.6) is 5.75 Å². The first-order chi connectivity index (χ1) is 8.88. The lowest BCUT2D eigenvalue weighted by atomic mass is 10.2. The van der Waals surface area contributed by atoms with Crippen LogP contribution >= 0.6 is 0 Å². The van der Waals surface area contributed by atoms with E-state index in [1.807, 2.05) is 6.92 Å². The molecular weight excluding hydrogens is 270 g/mol. The van der Waals surface area contributed by atoms with E-state index in [4.69, 9.17) is 5.11 Å². The summed E-state index contributed by atoms with van der Waals surface area (Å²) in [7, 11) is -3.74. The fraction of sp³-hybridized carbons (Fsp3) is 0.417. The van der Waals surface area contributed by atoms with E-state index in [2.05, 4.69) is 4.72 Å². The Morgan fingerprint density at radius 2 is 2.00 bits per heavy atom. The smallest absolute Gasteiger partial charge is 0.339 e. The van der Waals surface area contributed by atoms with Crippen molar-refractivity contribution in [1.29, 1.82) is 0 Å². The zero-order valence-corrected chi connectivity index (χ0v) is 11.4. The Hall–Kier alpha value is -1.60. The number of aromatic hydroxyl groups is 1. The van der Waals surface area contributed by atoms with Gasteiger partial charge in [-0.3, -0.25) is 0 Å². The van der Waals surface area contributed by atoms with Crippen molar-refractivity contribution in [3.63, 3.8) is 0 Å². The molecule has 3 N–H and O–H groups in total. The fourth-order valence-electron chi connectivity index (χ4n) is 1.52. The molecule has 0 unspecified atom stereocenters. The van der Waals surface area contributed by atoms with E-state index in [1.165, 1.54) is 6.07 Å². The summed E-state index contributed by atoms with van der Waals surface area (Å²) in [6.45, 7) is 2.31. The van der Waals surface area contributed by atoms with Crippen molar-refractivity contribution in [2.75, 3.05) is 6.54 Å². The molecule has 0 heterocycles. The van der Waals surface area contributed by atoms with Crippen LogP contribution in [0.25, 0.3) is 0 Å². The summed E-state index contributed by atoms with van der Waals surface area (Å²) in [6.07, 6.45) is 2.61. The Morgan fingerprint density at radius 1 is 1.32 bits per heavy atom. The van der Waals surface area contributed by atoms with Crippen molar-refractivity contribution in [2.45, 2.75) is 31.1 Å². The second kappa shape index (κ2) is 6.53. The first-order valence-corrected chi connectivity index (χ1v) is 7.42. The van der Waals surface area contributed by atoms with Crippen molar-refractivity contribution >= 4 is 16.0 Å². The summed E-state index contributed by atoms with van der Waals surface area (Å²) >= 11 is 0. The average molecular weight is 287 g/mol. The molecule has 0 aromatic heterocycles. The fourth-order valence-corrected chi connectivity index (χ4v) is 2.62. The number of benzene rings is 1. The Kier molecular flexibility index (Phi) is 5.31. The Bertz CT molecular complexity index is 553. The van der Waals surface area contributed by atoms with Crippen molar-refractivity contribution < 1.29 is 23.4 Å². The molecular formula is C12H17NO5S. The zero-order valence-electron chi connectivity index (χ0n) is 10.6. The molecule has 0 aliphatic heterocycles. The normalized spacial score (nSPS) is 11.4. The van der Waals surface area contributed by atoms with Gasteiger partial charge in [-0.25, -0.2) is 17.9 Å². The molecule has 0 saturated carbocycles. The summed E-state index contributed by atoms with van der Waals surface area (Å²) < 4.78 is 26.2. The lowest BCUT2D eigenvalue weighted by Gasteiger charge is -2.08. The van der Waals surface area contributed by atoms with Crippen LogP contribution in [0.15, 0.2) is 23.1 Å². The SMILES string of the molecule is CCCCCNS(=O)(=O)c1ccc(O)c(C(=O)O)c1. The van der Waals surface area contributed by atoms with Gasteiger partial charge in [-0.1, -0.05) is 19.8 Å². The second-order valence-corrected chi connectivity index (χ2v) is 5.86. The molecule has 106 valence electrons. The van der Waals surface area contributed by atoms with Gasteiger partial charge in [0.1, 0.15) is 11.3 Å². The predicted octanol–water partition coefficient (Wildman–Crippen LogP) is 1.56. The molecule has 1 aromatic rings. The predicted molar refractivity (Wildman–Crippen MR) is 69.8 cm³/mol. The van der Waals surface area contributed by atoms with Crippen LogP contribution in [0.4, 0.5) is 0 Å². The highest BCUT2D eigenvalue weighted by molar-refractivity contribution is 7.89. The second-order valence-electron chi connectivity index (χ2n) is 4.09. The summed E-state index contributed by atoms with van der Waals surface area (Å²) in [4.78, 5) is 10.7. The number of rotatable bonds is 7. The van der Waals surface area contributed by atoms with E-state index in [0.717, 1.165) is 31.4 Å². The van der Waals surface area contributed by atoms with Gasteiger partial charge in [-0.2, -0.15) is 0 Å². The summed E-state index contributed by atoms with van der Waals surface area (Å²) in [6, 6.07) is 3.17. The Morgan fingerprint density at radius 3 is 2.58 bits per heavy atom. The van der Waals surface area contributed by atoms with Gasteiger partial charge < -0.3 is 10.2 Å². The molecule has 1 aromatic carbocycles. The number of unbranched alkanes of at least 4 members (excludes halogenated alkanes) is 2. The number of phenols is 1. The molecule has 0 aliphatic carbocycles. The first kappa shape index (κ1) is 15.5. The van der Waals surface area contributed by atoms with Gasteiger partial charge in [0.25, 0.3) is 0 Å². The molecule has 0 saturated heterocycles. The van der Waals surface area contributed by atoms with E-state index >= 15 is 0 Å². The van der Waals surface area contributed by atoms with Crippen molar-refractivity contribution in [3.05, 3.63) is 23.8 Å². The van der Waals surface area contributed by atoms with E-state index in [-0.39, 0.29) is 4.90 Å². The number of hydrogen-bond acceptors (Lipinski definition) is 4. The lowest BCUT2D eigenvalue weighted by molar-refractivity contribution is 0.0693. The van der Waals surface area contributed by atoms with Crippen LogP contribution in [0.2, 0.25) is 0 Å². The standard InChI is InChI=1S/C12H17NO5S/c1-2-3-4-7-13-19(17,18)9-5-6-11(14)10(8-9)12(15)16/h5-6,8,13-14H,2-4,7H2,1H3,(H,15,16). The Balaban J connectivity index is 2.89. The molecule has 6 nitrogen and oxygen atoms in total. The van der Waals surface area contributed by atoms with Gasteiger partial charge in [0.15, 0.2) is 0 Å². The minimum absolute atomic E-state index is 0.167. The Labute approximate surface area is 112 Å². The molecule has 0 spiro atoms. The quantitative estimate of drug-likeness (QED) is 0.660. The van der Waals surface area contributed by atoms with Crippen LogP contribution in [0.3, 0.4) is 0 Å². The van der Waals surface area contributed by atoms with Crippen LogP contribution in [0.1, 0.15) is 36.5 Å². The van der Waals surface area contributed by atoms with Gasteiger partial charge in [-0.15, -0.1) is 0 Å². The molecule has 0 amide bonds. The zero-order chi connectivity index (χ0) is 14.5. The number of nitrogens with one attached hydrogen (secondary N) is 1. The molecule has 0 fully saturated rings. The van der Waals surface area contributed by atoms with Gasteiger partial charge >= 0.3 is 5.97 Å². The maximum Gasteiger partial charge on any atom is 0.339 e. The largest absolute Gasteiger partial charge is 0.507 e. The van der Waals surface area contributed by atoms with Crippen molar-refractivity contribution in [3.8, 4) is 5.75 Å². The third-order valence-corrected chi connectivity index (χ3v) is 4.04. The topological polar surface area (TPSA) is 104 Å². The van der Waals surface area contributed by atoms with Crippen LogP contribution in [-0.4, -0.2) is 31.1 Å². The maximum absolute atomic E-state index is 11.9. The van der Waals surface area contributed by atoms with Crippen LogP contribution in [-0.2, 0) is 10.0 Å². The number of carboxylic acids is 1. The number of hydrogen-bond donors (Lipinski definition) is 3. The van der Waals surface area contributed by atoms with Crippen molar-refractivity contribution in [2.24, 2.45) is 0 Å². The van der Waals surface area contributed by atoms with Gasteiger partial charge in [-0.05, 0) is 24.6 Å². The van der Waals surface area contributed by atoms with E-state index in [9.17, 15) is 18.3 Å². The number of sulfonamides is 1. The summed E-state index contributed by atoms with van der Waals surface area (Å²) in [5.41, 5.74) is -0.434. The third kappa shape index (κ3) is 4.22. The average Bonchev–Trinajstić information content (AvgIpc) is 2.34. The van der Waals surface area contributed by atoms with E-state index in [0.29, 0.717) is 6.54 Å². The van der Waals surface area contributed by atoms with Crippen LogP contribution in [0, 0.1) is 0 Å². The molecule has 0 aliphatic rings. The van der Waals surface area contributed by atoms with Gasteiger partial charge in [0.05, 0.1) is 4.90 Å². The van der Waals surface area contributed by atoms with Gasteiger partial charge in [0.2, 0.25) is 10.0 Å². The first-order valence-electron chi connectivity index (χ1n) is 5.94. The maximum atomic E-state index is 11.9. The monoisotopic (exact) mass is 287 g/mol. The molecule has 0 radical (unpaired) electrons. The molecule has 19 heavy (non-hydrogen) atoms. The lowest BCUT2D eigenvalue weighted by Crippen LogP contribution is -2.25. The molecule has 7 heteroatoms. The minimum Gasteiger partial charge on any atom is -0.507 e. The van der Waals surface area contributed by atoms with E-state index in [1.54, 1.807) is 0 Å². The summed E-state index contributed by atoms with van der Waals surface area (Å²) in [5, 5.41) is 18.1. The number of carboxylic acid groups (broad SMARTS) is 1. The van der Waals surface area contributed by atoms with Crippen molar-refractivity contribution in [1.82, 2.24) is 4.72 Å². The minimum atomic E-state index is -3.74. The number of carbonyl (C=O) groups is 1. The molecule has 0 atom stereocenters. The third-order valence-electron chi connectivity index (χ3n) is 2.58. The van der Waals surface area contributed by atoms with Crippen LogP contribution < -0.4 is 4.72 Å². The highest BCUT2D eigenvalue weighted by Crippen LogP contribution is 2.21. The van der Waals surface area contributed by atoms with Gasteiger partial charge in [0, 0.05) is 6.54 Å². The highest BCUT2D eigenvalue weighted by atomic mass is 32.2. The molecule has 1 rings (SSSR count). The molecule has 0 bridgehead atoms.